The van der Waals surface area contributed by atoms with E-state index in [0.29, 0.717) is 13.0 Å². The number of unbranched alkanes of at least 4 members (excludes halogenated alkanes) is 3. The first-order valence-electron chi connectivity index (χ1n) is 28.8. The first-order chi connectivity index (χ1) is 34.7. The second-order valence-corrected chi connectivity index (χ2v) is 57.1. The zero-order valence-electron chi connectivity index (χ0n) is 53.3. The number of rotatable bonds is 35. The first kappa shape index (κ1) is 75.2. The standard InChI is InChI=1S/C48H89INO10Si3.3C4H9.Sn/c1-24-38(59-62(20,21)46(9,10)11)27-25-34(2)26-28-39(56-33-55-29-30-61(17,18)19)32-40(60-63(22,23)47(12,13)14)36(4)42(57-37(5)51)48(15,43(52)54-16)41(31-35(3)49)50-44(53)58-45(6,7)8;3*1-3-4-2;/h1,24-26,28,31,36,38-42H,27,29-30,32-33H2,2-23H3,(H,50,53);3*1,3-4H2,2H3;/b24-1?,28-26+,34-25+,35-31+;;;;/t36-,38-,39-,40-,41-,42+,48+;;;;/m1..../s1. The Balaban J connectivity index is 8.07. The monoisotopic (exact) mass is 1340 g/mol. The van der Waals surface area contributed by atoms with E-state index < -0.39 is 102 Å². The third-order valence-electron chi connectivity index (χ3n) is 15.6. The molecule has 0 aromatic heterocycles. The predicted octanol–water partition coefficient (Wildman–Crippen LogP) is 17.7. The van der Waals surface area contributed by atoms with Gasteiger partial charge in [0.25, 0.3) is 0 Å². The molecule has 0 saturated carbocycles. The second kappa shape index (κ2) is 34.0. The van der Waals surface area contributed by atoms with E-state index in [1.165, 1.54) is 65.9 Å². The van der Waals surface area contributed by atoms with Crippen LogP contribution >= 0.6 is 22.6 Å². The summed E-state index contributed by atoms with van der Waals surface area (Å²) < 4.78 is 53.0. The Hall–Kier alpha value is -0.811. The van der Waals surface area contributed by atoms with Crippen molar-refractivity contribution in [3.05, 3.63) is 43.6 Å². The number of methoxy groups -OCH3 is 1. The van der Waals surface area contributed by atoms with Crippen molar-refractivity contribution in [2.24, 2.45) is 11.3 Å². The van der Waals surface area contributed by atoms with Gasteiger partial charge in [0.15, 0.2) is 8.32 Å². The molecule has 76 heavy (non-hydrogen) atoms. The van der Waals surface area contributed by atoms with Crippen molar-refractivity contribution in [2.45, 2.75) is 280 Å². The first-order valence-corrected chi connectivity index (χ1v) is 47.1. The molecule has 0 saturated heterocycles. The Morgan fingerprint density at radius 3 is 1.68 bits per heavy atom. The summed E-state index contributed by atoms with van der Waals surface area (Å²) in [6.45, 7) is 51.6. The summed E-state index contributed by atoms with van der Waals surface area (Å²) in [5.41, 5.74) is -1.39. The molecule has 444 valence electrons. The van der Waals surface area contributed by atoms with E-state index in [2.05, 4.69) is 171 Å². The zero-order valence-corrected chi connectivity index (χ0v) is 61.3. The summed E-state index contributed by atoms with van der Waals surface area (Å²) >= 11 is -0.471. The molecule has 0 heterocycles. The van der Waals surface area contributed by atoms with Gasteiger partial charge < -0.3 is 19.5 Å². The van der Waals surface area contributed by atoms with E-state index in [1.54, 1.807) is 33.8 Å². The van der Waals surface area contributed by atoms with Crippen LogP contribution in [0.2, 0.25) is 75.3 Å². The number of halogens is 1. The molecule has 0 spiro atoms. The van der Waals surface area contributed by atoms with Crippen LogP contribution in [0.3, 0.4) is 0 Å². The topological polar surface area (TPSA) is 128 Å². The van der Waals surface area contributed by atoms with Gasteiger partial charge in [-0.1, -0.05) is 53.4 Å². The minimum absolute atomic E-state index is 0.0259. The summed E-state index contributed by atoms with van der Waals surface area (Å²) in [4.78, 5) is 41.5. The third-order valence-corrected chi connectivity index (χ3v) is 40.8. The number of hydrogen-bond donors (Lipinski definition) is 1. The maximum atomic E-state index is 14.5. The van der Waals surface area contributed by atoms with Gasteiger partial charge in [-0.2, -0.15) is 0 Å². The molecule has 1 amide bonds. The summed E-state index contributed by atoms with van der Waals surface area (Å²) in [5, 5.41) is 2.81. The number of hydrogen-bond acceptors (Lipinski definition) is 10. The van der Waals surface area contributed by atoms with Gasteiger partial charge in [0, 0.05) is 21.6 Å². The van der Waals surface area contributed by atoms with Crippen molar-refractivity contribution in [2.75, 3.05) is 20.5 Å². The van der Waals surface area contributed by atoms with Gasteiger partial charge in [0.05, 0.1) is 13.2 Å². The molecule has 11 nitrogen and oxygen atoms in total. The van der Waals surface area contributed by atoms with Crippen molar-refractivity contribution in [3.8, 4) is 0 Å². The molecular weight excluding hydrogens is 1220 g/mol. The quantitative estimate of drug-likeness (QED) is 0.0125. The average molecular weight is 1340 g/mol. The summed E-state index contributed by atoms with van der Waals surface area (Å²) in [5.74, 6) is -1.89. The van der Waals surface area contributed by atoms with Crippen LogP contribution in [0.15, 0.2) is 43.6 Å². The minimum atomic E-state index is -2.62. The van der Waals surface area contributed by atoms with E-state index >= 15 is 0 Å². The van der Waals surface area contributed by atoms with Gasteiger partial charge in [0.1, 0.15) is 17.1 Å². The van der Waals surface area contributed by atoms with E-state index in [9.17, 15) is 14.4 Å². The van der Waals surface area contributed by atoms with Gasteiger partial charge in [-0.25, -0.2) is 4.79 Å². The molecule has 0 radical (unpaired) electrons. The average Bonchev–Trinajstić information content (AvgIpc) is 3.27. The molecule has 0 rings (SSSR count). The fourth-order valence-electron chi connectivity index (χ4n) is 8.62. The molecule has 0 aliphatic heterocycles. The molecule has 0 bridgehead atoms. The van der Waals surface area contributed by atoms with Crippen LogP contribution in [0.5, 0.6) is 0 Å². The molecule has 1 N–H and O–H groups in total. The molecule has 0 aromatic carbocycles. The summed E-state index contributed by atoms with van der Waals surface area (Å²) in [6, 6.07) is -0.0188. The van der Waals surface area contributed by atoms with E-state index in [0.717, 1.165) is 21.6 Å². The number of nitrogens with one attached hydrogen (secondary N) is 1. The number of carbonyl (C=O) groups is 3. The zero-order chi connectivity index (χ0) is 59.1. The van der Waals surface area contributed by atoms with Crippen LogP contribution in [0.4, 0.5) is 4.79 Å². The fourth-order valence-corrected chi connectivity index (χ4v) is 26.8. The van der Waals surface area contributed by atoms with Crippen LogP contribution < -0.4 is 5.32 Å². The molecule has 0 aliphatic carbocycles. The number of ether oxygens (including phenoxy) is 5. The van der Waals surface area contributed by atoms with Crippen LogP contribution in [-0.4, -0.2) is 118 Å². The molecule has 7 atom stereocenters. The van der Waals surface area contributed by atoms with Crippen molar-refractivity contribution < 1.29 is 46.9 Å². The Morgan fingerprint density at radius 2 is 1.25 bits per heavy atom. The van der Waals surface area contributed by atoms with Gasteiger partial charge in [-0.05, 0) is 85.0 Å². The molecule has 0 unspecified atom stereocenters. The number of alkyl carbamates (subject to hydrolysis) is 1. The van der Waals surface area contributed by atoms with Gasteiger partial charge in [-0.3, -0.25) is 9.59 Å². The van der Waals surface area contributed by atoms with E-state index in [-0.39, 0.29) is 23.0 Å². The normalized spacial score (nSPS) is 17.2. The Morgan fingerprint density at radius 1 is 0.737 bits per heavy atom. The molecule has 0 fully saturated rings. The van der Waals surface area contributed by atoms with Crippen molar-refractivity contribution in [3.63, 3.8) is 0 Å². The molecule has 0 aliphatic rings. The summed E-state index contributed by atoms with van der Waals surface area (Å²) in [6.07, 6.45) is 16.6. The fraction of sp³-hybridized carbons (Fsp3) is 0.817. The molecule has 16 heteroatoms. The van der Waals surface area contributed by atoms with Gasteiger partial charge in [-0.15, -0.1) is 0 Å². The summed E-state index contributed by atoms with van der Waals surface area (Å²) in [7, 11) is -4.79. The van der Waals surface area contributed by atoms with E-state index in [4.69, 9.17) is 32.5 Å². The van der Waals surface area contributed by atoms with Crippen LogP contribution in [0, 0.1) is 11.3 Å². The van der Waals surface area contributed by atoms with Crippen LogP contribution in [-0.2, 0) is 42.1 Å². The Kier molecular flexibility index (Phi) is 33.6. The van der Waals surface area contributed by atoms with Crippen molar-refractivity contribution in [1.29, 1.82) is 0 Å². The van der Waals surface area contributed by atoms with E-state index in [1.807, 2.05) is 13.8 Å². The molecular formula is C60H116INO10Si3Sn. The second-order valence-electron chi connectivity index (χ2n) is 27.2. The maximum absolute atomic E-state index is 14.5. The van der Waals surface area contributed by atoms with Crippen molar-refractivity contribution in [1.82, 2.24) is 5.32 Å². The van der Waals surface area contributed by atoms with Crippen LogP contribution in [0.1, 0.15) is 169 Å². The third kappa shape index (κ3) is 28.3. The van der Waals surface area contributed by atoms with Crippen molar-refractivity contribution >= 4 is 83.7 Å². The number of amides is 1. The Labute approximate surface area is 488 Å². The van der Waals surface area contributed by atoms with Gasteiger partial charge in [0.2, 0.25) is 0 Å². The number of carbonyl (C=O) groups excluding carboxylic acids is 3. The van der Waals surface area contributed by atoms with Crippen LogP contribution in [0.25, 0.3) is 0 Å². The number of allylic oxidation sites excluding steroid dienone is 3. The Bertz CT molecular complexity index is 1840. The number of esters is 2. The molecule has 0 aromatic rings. The van der Waals surface area contributed by atoms with Gasteiger partial charge >= 0.3 is 259 Å². The predicted molar refractivity (Wildman–Crippen MR) is 340 cm³/mol. The SMILES string of the molecule is CCC[CH2][Sn](/[CH]=C/[C@H](C/C=C(C)/C=C/[C@H](C[C@@H](O[Si](C)(C)C(C)(C)C)[C@@H](C)[C@H](OC(C)=O)[C@@](C)(C(=O)OC)[C@@H](/C=C(\C)I)NC(=O)OC(C)(C)C)OCOCC[Si](C)(C)C)O[Si](C)(C)C(C)(C)C)([CH2]CCC)[CH2]CCC.